The highest BCUT2D eigenvalue weighted by molar-refractivity contribution is 6.35. The van der Waals surface area contributed by atoms with Gasteiger partial charge >= 0.3 is 11.9 Å². The minimum atomic E-state index is -0.784. The van der Waals surface area contributed by atoms with Crippen LogP contribution in [-0.2, 0) is 16.0 Å². The SMILES string of the molecule is COC(=O)c1cc(-c2ccc(N3C(=O)c4ccc(-c5ccc(N)cc5)cc4C3=O)c(C(=O)OC)c2)ccc1N1Cc2ccc(-c3ccc(O)cc3)cc2C1=O. The monoisotopic (exact) mass is 729 g/mol. The van der Waals surface area contributed by atoms with Crippen LogP contribution in [0.2, 0.25) is 0 Å². The molecule has 11 nitrogen and oxygen atoms in total. The Labute approximate surface area is 314 Å². The quantitative estimate of drug-likeness (QED) is 0.0964. The fraction of sp³-hybridized carbons (Fsp3) is 0.0682. The number of phenolic OH excluding ortho intramolecular Hbond substituents is 1. The molecule has 0 saturated heterocycles. The van der Waals surface area contributed by atoms with E-state index < -0.39 is 23.8 Å². The number of carbonyl (C=O) groups excluding carboxylic acids is 5. The molecule has 0 radical (unpaired) electrons. The van der Waals surface area contributed by atoms with Crippen molar-refractivity contribution >= 4 is 46.7 Å². The smallest absolute Gasteiger partial charge is 0.340 e. The summed E-state index contributed by atoms with van der Waals surface area (Å²) in [4.78, 5) is 70.3. The molecule has 55 heavy (non-hydrogen) atoms. The molecule has 0 fully saturated rings. The second-order valence-electron chi connectivity index (χ2n) is 13.1. The van der Waals surface area contributed by atoms with Crippen LogP contribution in [0.3, 0.4) is 0 Å². The summed E-state index contributed by atoms with van der Waals surface area (Å²) >= 11 is 0. The maximum absolute atomic E-state index is 13.8. The van der Waals surface area contributed by atoms with Crippen molar-refractivity contribution in [1.29, 1.82) is 0 Å². The Hall–Kier alpha value is -7.53. The van der Waals surface area contributed by atoms with Gasteiger partial charge in [0.05, 0.1) is 54.4 Å². The predicted octanol–water partition coefficient (Wildman–Crippen LogP) is 7.51. The number of anilines is 3. The number of esters is 2. The molecule has 0 aliphatic carbocycles. The molecule has 8 rings (SSSR count). The van der Waals surface area contributed by atoms with Crippen LogP contribution in [-0.4, -0.2) is 49.0 Å². The molecule has 11 heteroatoms. The van der Waals surface area contributed by atoms with Gasteiger partial charge in [-0.2, -0.15) is 0 Å². The summed E-state index contributed by atoms with van der Waals surface area (Å²) in [7, 11) is 2.44. The number of nitrogen functional groups attached to an aromatic ring is 1. The number of ether oxygens (including phenoxy) is 2. The summed E-state index contributed by atoms with van der Waals surface area (Å²) < 4.78 is 10.2. The number of phenols is 1. The average molecular weight is 730 g/mol. The molecular weight excluding hydrogens is 698 g/mol. The number of aromatic hydroxyl groups is 1. The fourth-order valence-electron chi connectivity index (χ4n) is 7.05. The highest BCUT2D eigenvalue weighted by atomic mass is 16.5. The van der Waals surface area contributed by atoms with E-state index in [1.165, 1.54) is 31.3 Å². The van der Waals surface area contributed by atoms with Gasteiger partial charge in [0.2, 0.25) is 0 Å². The molecule has 0 unspecified atom stereocenters. The van der Waals surface area contributed by atoms with Crippen LogP contribution in [0, 0.1) is 0 Å². The minimum Gasteiger partial charge on any atom is -0.508 e. The number of carbonyl (C=O) groups is 5. The Morgan fingerprint density at radius 1 is 0.545 bits per heavy atom. The van der Waals surface area contributed by atoms with E-state index in [4.69, 9.17) is 15.2 Å². The van der Waals surface area contributed by atoms with E-state index in [1.54, 1.807) is 84.9 Å². The van der Waals surface area contributed by atoms with Crippen LogP contribution >= 0.6 is 0 Å². The Balaban J connectivity index is 1.13. The van der Waals surface area contributed by atoms with E-state index >= 15 is 0 Å². The Morgan fingerprint density at radius 2 is 1.02 bits per heavy atom. The molecule has 0 spiro atoms. The first-order valence-electron chi connectivity index (χ1n) is 17.1. The molecule has 2 aliphatic heterocycles. The van der Waals surface area contributed by atoms with Crippen molar-refractivity contribution < 1.29 is 38.6 Å². The summed E-state index contributed by atoms with van der Waals surface area (Å²) in [6.07, 6.45) is 0. The molecular formula is C44H31N3O8. The van der Waals surface area contributed by atoms with Gasteiger partial charge in [-0.15, -0.1) is 0 Å². The second-order valence-corrected chi connectivity index (χ2v) is 13.1. The third-order valence-corrected chi connectivity index (χ3v) is 9.91. The Morgan fingerprint density at radius 3 is 1.64 bits per heavy atom. The standard InChI is InChI=1S/C44H31N3O8/c1-54-43(52)36-21-28(10-17-38(36)46-23-30-4-3-26(19-34(30)40(46)49)25-7-14-32(48)15-8-25)29-11-18-39(37(22-29)44(53)55-2)47-41(50)33-16-9-27(20-35(33)42(47)51)24-5-12-31(45)13-6-24/h3-22,48H,23,45H2,1-2H3. The first kappa shape index (κ1) is 34.6. The van der Waals surface area contributed by atoms with Crippen LogP contribution in [0.25, 0.3) is 33.4 Å². The summed E-state index contributed by atoms with van der Waals surface area (Å²) in [5, 5.41) is 9.70. The van der Waals surface area contributed by atoms with Crippen molar-refractivity contribution in [2.45, 2.75) is 6.54 Å². The number of imide groups is 1. The van der Waals surface area contributed by atoms with Gasteiger partial charge in [-0.25, -0.2) is 14.5 Å². The van der Waals surface area contributed by atoms with Crippen LogP contribution < -0.4 is 15.5 Å². The number of methoxy groups -OCH3 is 2. The maximum atomic E-state index is 13.8. The van der Waals surface area contributed by atoms with E-state index in [9.17, 15) is 29.1 Å². The molecule has 0 atom stereocenters. The summed E-state index contributed by atoms with van der Waals surface area (Å²) in [6.45, 7) is 0.219. The number of rotatable bonds is 7. The highest BCUT2D eigenvalue weighted by Gasteiger charge is 2.39. The molecule has 0 bridgehead atoms. The van der Waals surface area contributed by atoms with Crippen molar-refractivity contribution in [1.82, 2.24) is 0 Å². The van der Waals surface area contributed by atoms with Gasteiger partial charge in [0.15, 0.2) is 0 Å². The average Bonchev–Trinajstić information content (AvgIpc) is 3.67. The Kier molecular flexibility index (Phi) is 8.46. The van der Waals surface area contributed by atoms with Gasteiger partial charge in [-0.3, -0.25) is 14.4 Å². The first-order valence-corrected chi connectivity index (χ1v) is 17.1. The Bertz CT molecular complexity index is 2610. The zero-order chi connectivity index (χ0) is 38.5. The lowest BCUT2D eigenvalue weighted by molar-refractivity contribution is 0.0592. The van der Waals surface area contributed by atoms with Gasteiger partial charge in [0.1, 0.15) is 5.75 Å². The molecule has 6 aromatic rings. The molecule has 3 N–H and O–H groups in total. The zero-order valence-electron chi connectivity index (χ0n) is 29.5. The number of fused-ring (bicyclic) bond motifs is 2. The van der Waals surface area contributed by atoms with E-state index in [0.717, 1.165) is 27.2 Å². The molecule has 3 amide bonds. The molecule has 2 heterocycles. The molecule has 6 aromatic carbocycles. The molecule has 0 aromatic heterocycles. The third kappa shape index (κ3) is 5.93. The topological polar surface area (TPSA) is 157 Å². The van der Waals surface area contributed by atoms with Crippen LogP contribution in [0.15, 0.2) is 121 Å². The van der Waals surface area contributed by atoms with Crippen LogP contribution in [0.4, 0.5) is 17.1 Å². The van der Waals surface area contributed by atoms with E-state index in [2.05, 4.69) is 0 Å². The lowest BCUT2D eigenvalue weighted by atomic mass is 9.98. The summed E-state index contributed by atoms with van der Waals surface area (Å²) in [5.74, 6) is -2.82. The zero-order valence-corrected chi connectivity index (χ0v) is 29.5. The lowest BCUT2D eigenvalue weighted by Crippen LogP contribution is -2.31. The van der Waals surface area contributed by atoms with Crippen LogP contribution in [0.1, 0.15) is 57.4 Å². The number of benzene rings is 6. The first-order chi connectivity index (χ1) is 26.6. The summed E-state index contributed by atoms with van der Waals surface area (Å²) in [5.41, 5.74) is 12.6. The largest absolute Gasteiger partial charge is 0.508 e. The van der Waals surface area contributed by atoms with Gasteiger partial charge < -0.3 is 25.2 Å². The van der Waals surface area contributed by atoms with Crippen LogP contribution in [0.5, 0.6) is 5.75 Å². The van der Waals surface area contributed by atoms with Crippen molar-refractivity contribution in [3.05, 3.63) is 155 Å². The minimum absolute atomic E-state index is 0.0350. The van der Waals surface area contributed by atoms with Gasteiger partial charge in [0.25, 0.3) is 17.7 Å². The van der Waals surface area contributed by atoms with E-state index in [0.29, 0.717) is 33.6 Å². The predicted molar refractivity (Wildman–Crippen MR) is 206 cm³/mol. The maximum Gasteiger partial charge on any atom is 0.340 e. The van der Waals surface area contributed by atoms with Crippen molar-refractivity contribution in [3.63, 3.8) is 0 Å². The number of nitrogens with two attached hydrogens (primary N) is 1. The number of hydrogen-bond acceptors (Lipinski definition) is 9. The molecule has 270 valence electrons. The molecule has 2 aliphatic rings. The van der Waals surface area contributed by atoms with Crippen molar-refractivity contribution in [2.75, 3.05) is 29.8 Å². The number of amides is 3. The lowest BCUT2D eigenvalue weighted by Gasteiger charge is -2.21. The van der Waals surface area contributed by atoms with Gasteiger partial charge in [-0.1, -0.05) is 54.6 Å². The van der Waals surface area contributed by atoms with Gasteiger partial charge in [-0.05, 0) is 106 Å². The van der Waals surface area contributed by atoms with Crippen molar-refractivity contribution in [3.8, 4) is 39.1 Å². The highest BCUT2D eigenvalue weighted by Crippen LogP contribution is 2.39. The number of nitrogens with zero attached hydrogens (tertiary/aromatic N) is 2. The van der Waals surface area contributed by atoms with E-state index in [1.807, 2.05) is 24.3 Å². The summed E-state index contributed by atoms with van der Waals surface area (Å²) in [6, 6.07) is 33.8. The normalized spacial score (nSPS) is 13.2. The third-order valence-electron chi connectivity index (χ3n) is 9.91. The van der Waals surface area contributed by atoms with E-state index in [-0.39, 0.29) is 46.1 Å². The molecule has 0 saturated carbocycles. The number of hydrogen-bond donors (Lipinski definition) is 2. The van der Waals surface area contributed by atoms with Crippen molar-refractivity contribution in [2.24, 2.45) is 0 Å². The second kappa shape index (κ2) is 13.5. The fourth-order valence-corrected chi connectivity index (χ4v) is 7.05. The van der Waals surface area contributed by atoms with Gasteiger partial charge in [0, 0.05) is 11.3 Å².